The molecule has 6 heteroatoms. The number of anilines is 2. The standard InChI is InChI=1S/C9H16ClN5/c1-4-6(5-2)12-9-14-7(10)13-8(11-3)15-9/h6H,4-5H2,1-3H3,(H2,11,12,13,14,15). The van der Waals surface area contributed by atoms with Crippen molar-refractivity contribution in [2.75, 3.05) is 17.7 Å². The Bertz CT molecular complexity index is 313. The number of halogens is 1. The van der Waals surface area contributed by atoms with Crippen LogP contribution in [0.5, 0.6) is 0 Å². The predicted octanol–water partition coefficient (Wildman–Crippen LogP) is 2.17. The Labute approximate surface area is 94.7 Å². The Morgan fingerprint density at radius 2 is 1.73 bits per heavy atom. The molecule has 15 heavy (non-hydrogen) atoms. The van der Waals surface area contributed by atoms with Gasteiger partial charge >= 0.3 is 0 Å². The van der Waals surface area contributed by atoms with Crippen LogP contribution in [0.4, 0.5) is 11.9 Å². The Morgan fingerprint density at radius 3 is 2.27 bits per heavy atom. The minimum atomic E-state index is 0.197. The molecule has 1 rings (SSSR count). The first-order valence-electron chi connectivity index (χ1n) is 5.05. The fourth-order valence-electron chi connectivity index (χ4n) is 1.20. The summed E-state index contributed by atoms with van der Waals surface area (Å²) >= 11 is 5.76. The van der Waals surface area contributed by atoms with Gasteiger partial charge in [0, 0.05) is 13.1 Å². The highest BCUT2D eigenvalue weighted by Crippen LogP contribution is 2.11. The zero-order chi connectivity index (χ0) is 11.3. The SMILES string of the molecule is CCC(CC)Nc1nc(Cl)nc(NC)n1. The van der Waals surface area contributed by atoms with Gasteiger partial charge in [-0.15, -0.1) is 0 Å². The maximum atomic E-state index is 5.76. The molecule has 1 aromatic rings. The molecule has 0 atom stereocenters. The summed E-state index contributed by atoms with van der Waals surface area (Å²) in [4.78, 5) is 12.1. The van der Waals surface area contributed by atoms with Gasteiger partial charge in [0.25, 0.3) is 0 Å². The number of hydrogen-bond donors (Lipinski definition) is 2. The van der Waals surface area contributed by atoms with Gasteiger partial charge in [0.2, 0.25) is 17.2 Å². The van der Waals surface area contributed by atoms with E-state index < -0.39 is 0 Å². The maximum Gasteiger partial charge on any atom is 0.229 e. The van der Waals surface area contributed by atoms with Crippen LogP contribution in [0.1, 0.15) is 26.7 Å². The third-order valence-corrected chi connectivity index (χ3v) is 2.32. The molecule has 0 saturated heterocycles. The van der Waals surface area contributed by atoms with Crippen LogP contribution in [0, 0.1) is 0 Å². The first-order valence-corrected chi connectivity index (χ1v) is 5.43. The van der Waals surface area contributed by atoms with Crippen LogP contribution >= 0.6 is 11.6 Å². The van der Waals surface area contributed by atoms with E-state index in [-0.39, 0.29) is 5.28 Å². The van der Waals surface area contributed by atoms with Crippen molar-refractivity contribution in [3.05, 3.63) is 5.28 Å². The van der Waals surface area contributed by atoms with Gasteiger partial charge in [-0.05, 0) is 24.4 Å². The molecule has 0 aliphatic heterocycles. The molecule has 5 nitrogen and oxygen atoms in total. The van der Waals surface area contributed by atoms with Gasteiger partial charge in [0.1, 0.15) is 0 Å². The number of aromatic nitrogens is 3. The van der Waals surface area contributed by atoms with E-state index >= 15 is 0 Å². The number of nitrogens with zero attached hydrogens (tertiary/aromatic N) is 3. The highest BCUT2D eigenvalue weighted by atomic mass is 35.5. The monoisotopic (exact) mass is 229 g/mol. The van der Waals surface area contributed by atoms with Crippen molar-refractivity contribution in [3.63, 3.8) is 0 Å². The van der Waals surface area contributed by atoms with Crippen molar-refractivity contribution in [2.24, 2.45) is 0 Å². The van der Waals surface area contributed by atoms with Crippen molar-refractivity contribution in [3.8, 4) is 0 Å². The van der Waals surface area contributed by atoms with Crippen LogP contribution < -0.4 is 10.6 Å². The Balaban J connectivity index is 2.79. The van der Waals surface area contributed by atoms with Gasteiger partial charge in [-0.3, -0.25) is 0 Å². The smallest absolute Gasteiger partial charge is 0.229 e. The molecule has 0 aliphatic rings. The van der Waals surface area contributed by atoms with Gasteiger partial charge < -0.3 is 10.6 Å². The molecule has 2 N–H and O–H groups in total. The van der Waals surface area contributed by atoms with Crippen molar-refractivity contribution in [2.45, 2.75) is 32.7 Å². The van der Waals surface area contributed by atoms with Crippen molar-refractivity contribution in [1.82, 2.24) is 15.0 Å². The second-order valence-electron chi connectivity index (χ2n) is 3.16. The number of nitrogens with one attached hydrogen (secondary N) is 2. The molecular weight excluding hydrogens is 214 g/mol. The van der Waals surface area contributed by atoms with Gasteiger partial charge in [-0.1, -0.05) is 13.8 Å². The van der Waals surface area contributed by atoms with E-state index in [1.165, 1.54) is 0 Å². The molecule has 1 aromatic heterocycles. The molecule has 0 saturated carbocycles. The van der Waals surface area contributed by atoms with Gasteiger partial charge in [0.05, 0.1) is 0 Å². The van der Waals surface area contributed by atoms with Crippen LogP contribution in [-0.2, 0) is 0 Å². The molecule has 0 aliphatic carbocycles. The highest BCUT2D eigenvalue weighted by molar-refractivity contribution is 6.28. The summed E-state index contributed by atoms with van der Waals surface area (Å²) in [7, 11) is 1.74. The van der Waals surface area contributed by atoms with E-state index in [0.29, 0.717) is 17.9 Å². The number of rotatable bonds is 5. The Morgan fingerprint density at radius 1 is 1.13 bits per heavy atom. The van der Waals surface area contributed by atoms with E-state index in [4.69, 9.17) is 11.6 Å². The van der Waals surface area contributed by atoms with Crippen LogP contribution in [-0.4, -0.2) is 28.0 Å². The average Bonchev–Trinajstić information content (AvgIpc) is 2.25. The lowest BCUT2D eigenvalue weighted by Gasteiger charge is -2.14. The van der Waals surface area contributed by atoms with Gasteiger partial charge in [-0.2, -0.15) is 15.0 Å². The third kappa shape index (κ3) is 3.51. The summed E-state index contributed by atoms with van der Waals surface area (Å²) in [5.74, 6) is 0.997. The maximum absolute atomic E-state index is 5.76. The largest absolute Gasteiger partial charge is 0.357 e. The highest BCUT2D eigenvalue weighted by Gasteiger charge is 2.07. The summed E-state index contributed by atoms with van der Waals surface area (Å²) in [6.07, 6.45) is 2.05. The van der Waals surface area contributed by atoms with Crippen LogP contribution in [0.25, 0.3) is 0 Å². The van der Waals surface area contributed by atoms with Crippen molar-refractivity contribution < 1.29 is 0 Å². The van der Waals surface area contributed by atoms with E-state index in [1.807, 2.05) is 0 Å². The molecule has 0 bridgehead atoms. The quantitative estimate of drug-likeness (QED) is 0.810. The summed E-state index contributed by atoms with van der Waals surface area (Å²) in [6, 6.07) is 0.369. The molecule has 0 unspecified atom stereocenters. The second kappa shape index (κ2) is 5.70. The van der Waals surface area contributed by atoms with E-state index in [2.05, 4.69) is 39.4 Å². The normalized spacial score (nSPS) is 10.5. The molecule has 0 radical (unpaired) electrons. The predicted molar refractivity (Wildman–Crippen MR) is 62.4 cm³/mol. The van der Waals surface area contributed by atoms with Crippen LogP contribution in [0.2, 0.25) is 5.28 Å². The minimum absolute atomic E-state index is 0.197. The van der Waals surface area contributed by atoms with E-state index in [0.717, 1.165) is 12.8 Å². The van der Waals surface area contributed by atoms with Crippen molar-refractivity contribution >= 4 is 23.5 Å². The summed E-state index contributed by atoms with van der Waals surface area (Å²) in [6.45, 7) is 4.23. The topological polar surface area (TPSA) is 62.7 Å². The lowest BCUT2D eigenvalue weighted by Crippen LogP contribution is -2.19. The molecule has 0 amide bonds. The fourth-order valence-corrected chi connectivity index (χ4v) is 1.36. The first kappa shape index (κ1) is 12.0. The molecule has 0 fully saturated rings. The zero-order valence-electron chi connectivity index (χ0n) is 9.21. The molecule has 0 aromatic carbocycles. The summed E-state index contributed by atoms with van der Waals surface area (Å²) in [5, 5.41) is 6.24. The zero-order valence-corrected chi connectivity index (χ0v) is 9.97. The van der Waals surface area contributed by atoms with Crippen LogP contribution in [0.15, 0.2) is 0 Å². The average molecular weight is 230 g/mol. The summed E-state index contributed by atoms with van der Waals surface area (Å²) < 4.78 is 0. The van der Waals surface area contributed by atoms with Gasteiger partial charge in [-0.25, -0.2) is 0 Å². The van der Waals surface area contributed by atoms with E-state index in [9.17, 15) is 0 Å². The third-order valence-electron chi connectivity index (χ3n) is 2.15. The van der Waals surface area contributed by atoms with Gasteiger partial charge in [0.15, 0.2) is 0 Å². The Hall–Kier alpha value is -1.10. The summed E-state index contributed by atoms with van der Waals surface area (Å²) in [5.41, 5.74) is 0. The Kier molecular flexibility index (Phi) is 4.55. The minimum Gasteiger partial charge on any atom is -0.357 e. The number of hydrogen-bond acceptors (Lipinski definition) is 5. The lowest BCUT2D eigenvalue weighted by atomic mass is 10.2. The van der Waals surface area contributed by atoms with Crippen LogP contribution in [0.3, 0.4) is 0 Å². The molecular formula is C9H16ClN5. The molecule has 84 valence electrons. The second-order valence-corrected chi connectivity index (χ2v) is 3.50. The van der Waals surface area contributed by atoms with E-state index in [1.54, 1.807) is 7.05 Å². The lowest BCUT2D eigenvalue weighted by molar-refractivity contribution is 0.664. The fraction of sp³-hybridized carbons (Fsp3) is 0.667. The first-order chi connectivity index (χ1) is 7.19. The molecule has 0 spiro atoms. The molecule has 1 heterocycles. The van der Waals surface area contributed by atoms with Crippen molar-refractivity contribution in [1.29, 1.82) is 0 Å².